The molecule has 7 heteroatoms. The fourth-order valence-electron chi connectivity index (χ4n) is 3.51. The summed E-state index contributed by atoms with van der Waals surface area (Å²) in [6.45, 7) is 0.274. The number of amides is 1. The molecule has 0 saturated heterocycles. The van der Waals surface area contributed by atoms with Crippen LogP contribution in [0, 0.1) is 0 Å². The highest BCUT2D eigenvalue weighted by molar-refractivity contribution is 7.22. The van der Waals surface area contributed by atoms with Crippen LogP contribution in [0.15, 0.2) is 97.2 Å². The van der Waals surface area contributed by atoms with Crippen LogP contribution >= 0.6 is 11.3 Å². The Labute approximate surface area is 201 Å². The van der Waals surface area contributed by atoms with Gasteiger partial charge in [-0.3, -0.25) is 14.7 Å². The van der Waals surface area contributed by atoms with Crippen molar-refractivity contribution in [3.8, 4) is 17.2 Å². The number of anilines is 1. The summed E-state index contributed by atoms with van der Waals surface area (Å²) in [5, 5.41) is 0.577. The van der Waals surface area contributed by atoms with Crippen LogP contribution in [-0.2, 0) is 6.54 Å². The van der Waals surface area contributed by atoms with Gasteiger partial charge in [-0.25, -0.2) is 4.98 Å². The molecular weight excluding hydrogens is 446 g/mol. The van der Waals surface area contributed by atoms with Crippen molar-refractivity contribution < 1.29 is 14.3 Å². The van der Waals surface area contributed by atoms with Gasteiger partial charge in [-0.15, -0.1) is 0 Å². The van der Waals surface area contributed by atoms with E-state index < -0.39 is 0 Å². The molecule has 0 radical (unpaired) electrons. The summed E-state index contributed by atoms with van der Waals surface area (Å²) in [5.74, 6) is 1.63. The summed E-state index contributed by atoms with van der Waals surface area (Å²) in [5.41, 5.74) is 1.97. The fraction of sp³-hybridized carbons (Fsp3) is 0.0741. The first-order valence-corrected chi connectivity index (χ1v) is 11.5. The molecule has 0 aliphatic heterocycles. The van der Waals surface area contributed by atoms with E-state index in [-0.39, 0.29) is 12.5 Å². The van der Waals surface area contributed by atoms with E-state index in [1.54, 1.807) is 30.3 Å². The summed E-state index contributed by atoms with van der Waals surface area (Å²) >= 11 is 1.45. The number of carbonyl (C=O) groups excluding carboxylic acids is 1. The number of carbonyl (C=O) groups is 1. The van der Waals surface area contributed by atoms with E-state index in [9.17, 15) is 4.79 Å². The Morgan fingerprint density at radius 3 is 2.50 bits per heavy atom. The zero-order valence-corrected chi connectivity index (χ0v) is 19.2. The second-order valence-corrected chi connectivity index (χ2v) is 8.46. The molecule has 3 aromatic carbocycles. The number of aromatic nitrogens is 2. The molecule has 2 heterocycles. The first kappa shape index (κ1) is 21.6. The lowest BCUT2D eigenvalue weighted by Gasteiger charge is -2.21. The van der Waals surface area contributed by atoms with Crippen molar-refractivity contribution in [1.82, 2.24) is 9.97 Å². The van der Waals surface area contributed by atoms with Crippen LogP contribution in [0.1, 0.15) is 16.1 Å². The minimum atomic E-state index is -0.219. The number of hydrogen-bond acceptors (Lipinski definition) is 6. The third-order valence-electron chi connectivity index (χ3n) is 5.19. The van der Waals surface area contributed by atoms with Crippen molar-refractivity contribution in [2.75, 3.05) is 12.0 Å². The van der Waals surface area contributed by atoms with Gasteiger partial charge in [0.15, 0.2) is 5.13 Å². The minimum absolute atomic E-state index is 0.219. The zero-order chi connectivity index (χ0) is 23.3. The van der Waals surface area contributed by atoms with Crippen LogP contribution in [0.2, 0.25) is 0 Å². The summed E-state index contributed by atoms with van der Waals surface area (Å²) in [4.78, 5) is 24.7. The van der Waals surface area contributed by atoms with E-state index >= 15 is 0 Å². The molecule has 1 amide bonds. The number of ether oxygens (including phenoxy) is 2. The number of hydrogen-bond donors (Lipinski definition) is 0. The van der Waals surface area contributed by atoms with E-state index in [2.05, 4.69) is 4.98 Å². The topological polar surface area (TPSA) is 64.5 Å². The van der Waals surface area contributed by atoms with E-state index in [0.29, 0.717) is 27.9 Å². The van der Waals surface area contributed by atoms with Crippen LogP contribution in [0.25, 0.3) is 10.2 Å². The quantitative estimate of drug-likeness (QED) is 0.279. The van der Waals surface area contributed by atoms with Crippen molar-refractivity contribution in [1.29, 1.82) is 0 Å². The van der Waals surface area contributed by atoms with Gasteiger partial charge in [-0.2, -0.15) is 0 Å². The van der Waals surface area contributed by atoms with Crippen LogP contribution in [0.5, 0.6) is 17.2 Å². The molecule has 0 saturated carbocycles. The van der Waals surface area contributed by atoms with Gasteiger partial charge in [0, 0.05) is 12.3 Å². The average Bonchev–Trinajstić information content (AvgIpc) is 3.31. The molecule has 2 aromatic heterocycles. The molecule has 5 aromatic rings. The monoisotopic (exact) mass is 467 g/mol. The molecule has 0 N–H and O–H groups in total. The van der Waals surface area contributed by atoms with Gasteiger partial charge in [-0.1, -0.05) is 47.7 Å². The van der Waals surface area contributed by atoms with Crippen molar-refractivity contribution in [3.63, 3.8) is 0 Å². The number of fused-ring (bicyclic) bond motifs is 1. The van der Waals surface area contributed by atoms with Crippen LogP contribution in [-0.4, -0.2) is 23.0 Å². The van der Waals surface area contributed by atoms with Gasteiger partial charge < -0.3 is 9.47 Å². The molecule has 0 aliphatic carbocycles. The summed E-state index contributed by atoms with van der Waals surface area (Å²) in [6.07, 6.45) is 1.72. The van der Waals surface area contributed by atoms with E-state index in [0.717, 1.165) is 15.9 Å². The maximum absolute atomic E-state index is 13.9. The molecule has 0 atom stereocenters. The van der Waals surface area contributed by atoms with Gasteiger partial charge in [0.2, 0.25) is 0 Å². The average molecular weight is 468 g/mol. The predicted octanol–water partition coefficient (Wildman–Crippen LogP) is 6.34. The van der Waals surface area contributed by atoms with E-state index in [4.69, 9.17) is 14.5 Å². The number of rotatable bonds is 7. The Hall–Kier alpha value is -4.23. The summed E-state index contributed by atoms with van der Waals surface area (Å²) in [7, 11) is 1.62. The van der Waals surface area contributed by atoms with Crippen LogP contribution < -0.4 is 14.4 Å². The fourth-order valence-corrected chi connectivity index (χ4v) is 4.45. The maximum atomic E-state index is 13.9. The second-order valence-electron chi connectivity index (χ2n) is 7.45. The minimum Gasteiger partial charge on any atom is -0.497 e. The SMILES string of the molecule is COc1ccc2sc(N(Cc3ccccn3)C(=O)c3ccccc3Oc3ccccc3)nc2c1. The third kappa shape index (κ3) is 4.60. The van der Waals surface area contributed by atoms with Crippen molar-refractivity contribution >= 4 is 32.6 Å². The normalized spacial score (nSPS) is 10.7. The Bertz CT molecular complexity index is 1420. The largest absolute Gasteiger partial charge is 0.497 e. The lowest BCUT2D eigenvalue weighted by Crippen LogP contribution is -2.31. The number of methoxy groups -OCH3 is 1. The summed E-state index contributed by atoms with van der Waals surface area (Å²) in [6, 6.07) is 28.0. The highest BCUT2D eigenvalue weighted by atomic mass is 32.1. The molecule has 0 unspecified atom stereocenters. The molecule has 5 rings (SSSR count). The van der Waals surface area contributed by atoms with Crippen molar-refractivity contribution in [2.45, 2.75) is 6.54 Å². The van der Waals surface area contributed by atoms with Gasteiger partial charge in [0.05, 0.1) is 35.1 Å². The highest BCUT2D eigenvalue weighted by Gasteiger charge is 2.25. The van der Waals surface area contributed by atoms with Crippen LogP contribution in [0.4, 0.5) is 5.13 Å². The maximum Gasteiger partial charge on any atom is 0.264 e. The van der Waals surface area contributed by atoms with Crippen molar-refractivity contribution in [3.05, 3.63) is 108 Å². The molecular formula is C27H21N3O3S. The Morgan fingerprint density at radius 1 is 0.912 bits per heavy atom. The number of benzene rings is 3. The molecule has 34 heavy (non-hydrogen) atoms. The zero-order valence-electron chi connectivity index (χ0n) is 18.4. The molecule has 168 valence electrons. The molecule has 0 bridgehead atoms. The first-order valence-electron chi connectivity index (χ1n) is 10.7. The van der Waals surface area contributed by atoms with Crippen LogP contribution in [0.3, 0.4) is 0 Å². The third-order valence-corrected chi connectivity index (χ3v) is 6.25. The second kappa shape index (κ2) is 9.72. The number of thiazole rings is 1. The number of para-hydroxylation sites is 2. The number of nitrogens with zero attached hydrogens (tertiary/aromatic N) is 3. The van der Waals surface area contributed by atoms with Gasteiger partial charge in [0.1, 0.15) is 17.2 Å². The number of pyridine rings is 1. The van der Waals surface area contributed by atoms with Gasteiger partial charge in [0.25, 0.3) is 5.91 Å². The first-order chi connectivity index (χ1) is 16.7. The lowest BCUT2D eigenvalue weighted by molar-refractivity contribution is 0.0982. The molecule has 0 spiro atoms. The summed E-state index contributed by atoms with van der Waals surface area (Å²) < 4.78 is 12.4. The Balaban J connectivity index is 1.55. The Kier molecular flexibility index (Phi) is 6.18. The lowest BCUT2D eigenvalue weighted by atomic mass is 10.1. The van der Waals surface area contributed by atoms with E-state index in [1.807, 2.05) is 78.9 Å². The van der Waals surface area contributed by atoms with Gasteiger partial charge >= 0.3 is 0 Å². The van der Waals surface area contributed by atoms with E-state index in [1.165, 1.54) is 11.3 Å². The molecule has 0 fully saturated rings. The molecule has 6 nitrogen and oxygen atoms in total. The molecule has 0 aliphatic rings. The standard InChI is InChI=1S/C27H21N3O3S/c1-32-21-14-15-25-23(17-21)29-27(34-25)30(18-19-9-7-8-16-28-19)26(31)22-12-5-6-13-24(22)33-20-10-3-2-4-11-20/h2-17H,18H2,1H3. The van der Waals surface area contributed by atoms with Crippen molar-refractivity contribution in [2.24, 2.45) is 0 Å². The predicted molar refractivity (Wildman–Crippen MR) is 134 cm³/mol. The highest BCUT2D eigenvalue weighted by Crippen LogP contribution is 2.34. The Morgan fingerprint density at radius 2 is 1.71 bits per heavy atom. The van der Waals surface area contributed by atoms with Gasteiger partial charge in [-0.05, 0) is 48.5 Å². The smallest absolute Gasteiger partial charge is 0.264 e.